The highest BCUT2D eigenvalue weighted by Gasteiger charge is 2.39. The van der Waals surface area contributed by atoms with E-state index in [2.05, 4.69) is 0 Å². The number of ether oxygens (including phenoxy) is 2. The second-order valence-electron chi connectivity index (χ2n) is 3.29. The Bertz CT molecular complexity index is 187. The van der Waals surface area contributed by atoms with Crippen molar-refractivity contribution in [2.24, 2.45) is 5.92 Å². The van der Waals surface area contributed by atoms with Crippen LogP contribution in [0.4, 0.5) is 0 Å². The molecule has 0 aromatic carbocycles. The van der Waals surface area contributed by atoms with Crippen molar-refractivity contribution in [1.29, 1.82) is 0 Å². The monoisotopic (exact) mass is 210 g/mol. The van der Waals surface area contributed by atoms with E-state index in [0.29, 0.717) is 18.3 Å². The summed E-state index contributed by atoms with van der Waals surface area (Å²) in [7, 11) is 4.12. The van der Waals surface area contributed by atoms with Crippen LogP contribution in [0.5, 0.6) is 0 Å². The number of halogens is 1. The Morgan fingerprint density at radius 3 is 3.00 bits per heavy atom. The van der Waals surface area contributed by atoms with Gasteiger partial charge in [-0.3, -0.25) is 0 Å². The Balaban J connectivity index is 1.86. The van der Waals surface area contributed by atoms with Gasteiger partial charge in [-0.2, -0.15) is 0 Å². The number of fused-ring (bicyclic) bond motifs is 1. The van der Waals surface area contributed by atoms with Gasteiger partial charge >= 0.3 is 0 Å². The van der Waals surface area contributed by atoms with Gasteiger partial charge in [0.15, 0.2) is 0 Å². The van der Waals surface area contributed by atoms with Crippen LogP contribution in [-0.2, 0) is 19.5 Å². The number of hydrogen-bond acceptors (Lipinski definition) is 3. The molecule has 2 aliphatic heterocycles. The summed E-state index contributed by atoms with van der Waals surface area (Å²) in [6, 6.07) is 0. The standard InChI is InChI=1S/C7H11ClO3S/c8-12(9)4-6-1-5-2-10-3-7(5)11-6/h5-7H,1-4H2/t5-,6-,7-,12?/m0/s1. The lowest BCUT2D eigenvalue weighted by atomic mass is 10.0. The predicted octanol–water partition coefficient (Wildman–Crippen LogP) is 0.693. The molecule has 0 aromatic heterocycles. The molecule has 2 aliphatic rings. The number of rotatable bonds is 2. The summed E-state index contributed by atoms with van der Waals surface area (Å²) in [6.07, 6.45) is 1.26. The Morgan fingerprint density at radius 1 is 1.50 bits per heavy atom. The van der Waals surface area contributed by atoms with Crippen LogP contribution in [0.15, 0.2) is 0 Å². The van der Waals surface area contributed by atoms with E-state index in [-0.39, 0.29) is 12.2 Å². The molecular weight excluding hydrogens is 200 g/mol. The fourth-order valence-corrected chi connectivity index (χ4v) is 2.77. The molecule has 1 unspecified atom stereocenters. The first-order chi connectivity index (χ1) is 5.75. The minimum atomic E-state index is -1.26. The highest BCUT2D eigenvalue weighted by molar-refractivity contribution is 8.08. The van der Waals surface area contributed by atoms with Crippen molar-refractivity contribution in [3.8, 4) is 0 Å². The first kappa shape index (κ1) is 8.94. The molecule has 2 fully saturated rings. The zero-order valence-corrected chi connectivity index (χ0v) is 8.14. The van der Waals surface area contributed by atoms with E-state index in [1.165, 1.54) is 0 Å². The largest absolute Gasteiger partial charge is 0.378 e. The van der Waals surface area contributed by atoms with E-state index in [9.17, 15) is 4.21 Å². The van der Waals surface area contributed by atoms with Crippen LogP contribution in [-0.4, -0.2) is 35.4 Å². The highest BCUT2D eigenvalue weighted by atomic mass is 35.7. The second kappa shape index (κ2) is 3.62. The maximum Gasteiger partial charge on any atom is 0.117 e. The molecule has 3 nitrogen and oxygen atoms in total. The first-order valence-electron chi connectivity index (χ1n) is 4.03. The molecule has 70 valence electrons. The van der Waals surface area contributed by atoms with Crippen molar-refractivity contribution in [2.45, 2.75) is 18.6 Å². The van der Waals surface area contributed by atoms with Crippen LogP contribution in [0, 0.1) is 5.92 Å². The Labute approximate surface area is 78.3 Å². The fourth-order valence-electron chi connectivity index (χ4n) is 1.84. The first-order valence-corrected chi connectivity index (χ1v) is 6.18. The average molecular weight is 211 g/mol. The summed E-state index contributed by atoms with van der Waals surface area (Å²) in [6.45, 7) is 1.48. The van der Waals surface area contributed by atoms with E-state index in [4.69, 9.17) is 20.2 Å². The molecule has 0 N–H and O–H groups in total. The van der Waals surface area contributed by atoms with Gasteiger partial charge in [0.1, 0.15) is 10.0 Å². The van der Waals surface area contributed by atoms with Crippen molar-refractivity contribution in [2.75, 3.05) is 19.0 Å². The Morgan fingerprint density at radius 2 is 2.33 bits per heavy atom. The van der Waals surface area contributed by atoms with E-state index in [1.807, 2.05) is 0 Å². The van der Waals surface area contributed by atoms with Crippen molar-refractivity contribution in [3.63, 3.8) is 0 Å². The summed E-state index contributed by atoms with van der Waals surface area (Å²) >= 11 is 0. The van der Waals surface area contributed by atoms with Crippen LogP contribution in [0.1, 0.15) is 6.42 Å². The van der Waals surface area contributed by atoms with Crippen LogP contribution in [0.3, 0.4) is 0 Å². The Kier molecular flexibility index (Phi) is 2.69. The van der Waals surface area contributed by atoms with Crippen molar-refractivity contribution in [1.82, 2.24) is 0 Å². The maximum atomic E-state index is 10.7. The molecule has 5 heteroatoms. The summed E-state index contributed by atoms with van der Waals surface area (Å²) in [5, 5.41) is 0. The fraction of sp³-hybridized carbons (Fsp3) is 1.00. The van der Waals surface area contributed by atoms with E-state index >= 15 is 0 Å². The second-order valence-corrected chi connectivity index (χ2v) is 5.23. The van der Waals surface area contributed by atoms with Gasteiger partial charge in [0.2, 0.25) is 0 Å². The molecule has 0 aromatic rings. The third-order valence-electron chi connectivity index (χ3n) is 2.39. The van der Waals surface area contributed by atoms with Crippen LogP contribution < -0.4 is 0 Å². The summed E-state index contributed by atoms with van der Waals surface area (Å²) in [5.41, 5.74) is 0. The zero-order valence-electron chi connectivity index (χ0n) is 6.57. The molecule has 4 atom stereocenters. The number of hydrogen-bond donors (Lipinski definition) is 0. The molecular formula is C7H11ClO3S. The van der Waals surface area contributed by atoms with Crippen molar-refractivity contribution in [3.05, 3.63) is 0 Å². The smallest absolute Gasteiger partial charge is 0.117 e. The summed E-state index contributed by atoms with van der Waals surface area (Å²) in [4.78, 5) is 0. The SMILES string of the molecule is O=S(Cl)C[C@@H]1C[C@H]2COC[C@@H]2O1. The highest BCUT2D eigenvalue weighted by Crippen LogP contribution is 2.31. The van der Waals surface area contributed by atoms with Gasteiger partial charge in [-0.25, -0.2) is 4.21 Å². The third kappa shape index (κ3) is 1.82. The van der Waals surface area contributed by atoms with Gasteiger partial charge < -0.3 is 9.47 Å². The third-order valence-corrected chi connectivity index (χ3v) is 3.40. The molecule has 0 amide bonds. The van der Waals surface area contributed by atoms with Crippen molar-refractivity contribution < 1.29 is 13.7 Å². The van der Waals surface area contributed by atoms with Gasteiger partial charge in [-0.1, -0.05) is 0 Å². The predicted molar refractivity (Wildman–Crippen MR) is 46.4 cm³/mol. The molecule has 0 radical (unpaired) electrons. The average Bonchev–Trinajstić information content (AvgIpc) is 2.43. The van der Waals surface area contributed by atoms with E-state index < -0.39 is 10.0 Å². The maximum absolute atomic E-state index is 10.7. The quantitative estimate of drug-likeness (QED) is 0.630. The minimum absolute atomic E-state index is 0.0854. The van der Waals surface area contributed by atoms with Gasteiger partial charge in [0, 0.05) is 5.92 Å². The van der Waals surface area contributed by atoms with Crippen LogP contribution in [0.25, 0.3) is 0 Å². The molecule has 2 saturated heterocycles. The van der Waals surface area contributed by atoms with Crippen LogP contribution in [0.2, 0.25) is 0 Å². The van der Waals surface area contributed by atoms with Crippen molar-refractivity contribution >= 4 is 20.7 Å². The molecule has 0 aliphatic carbocycles. The molecule has 2 rings (SSSR count). The molecule has 0 saturated carbocycles. The van der Waals surface area contributed by atoms with E-state index in [0.717, 1.165) is 13.0 Å². The summed E-state index contributed by atoms with van der Waals surface area (Å²) < 4.78 is 21.5. The van der Waals surface area contributed by atoms with Gasteiger partial charge in [0.05, 0.1) is 31.2 Å². The van der Waals surface area contributed by atoms with Gasteiger partial charge in [-0.15, -0.1) is 0 Å². The lowest BCUT2D eigenvalue weighted by Gasteiger charge is -2.08. The van der Waals surface area contributed by atoms with Crippen LogP contribution >= 0.6 is 10.7 Å². The topological polar surface area (TPSA) is 35.5 Å². The molecule has 12 heavy (non-hydrogen) atoms. The lowest BCUT2D eigenvalue weighted by molar-refractivity contribution is 0.0304. The molecule has 0 spiro atoms. The minimum Gasteiger partial charge on any atom is -0.378 e. The van der Waals surface area contributed by atoms with Gasteiger partial charge in [0.25, 0.3) is 0 Å². The Hall–Kier alpha value is 0.360. The normalized spacial score (nSPS) is 42.9. The molecule has 2 heterocycles. The molecule has 0 bridgehead atoms. The van der Waals surface area contributed by atoms with Gasteiger partial charge in [-0.05, 0) is 17.1 Å². The van der Waals surface area contributed by atoms with E-state index in [1.54, 1.807) is 0 Å². The zero-order chi connectivity index (χ0) is 8.55. The summed E-state index contributed by atoms with van der Waals surface area (Å²) in [5.74, 6) is 0.962. The lowest BCUT2D eigenvalue weighted by Crippen LogP contribution is -2.17.